The Balaban J connectivity index is 1.93. The van der Waals surface area contributed by atoms with Crippen molar-refractivity contribution < 1.29 is 19.1 Å². The van der Waals surface area contributed by atoms with Gasteiger partial charge in [-0.15, -0.1) is 0 Å². The van der Waals surface area contributed by atoms with Crippen LogP contribution in [0.1, 0.15) is 18.4 Å². The minimum absolute atomic E-state index is 0.00693. The summed E-state index contributed by atoms with van der Waals surface area (Å²) < 4.78 is 5.31. The number of benzene rings is 1. The third-order valence-electron chi connectivity index (χ3n) is 3.19. The monoisotopic (exact) mass is 352 g/mol. The van der Waals surface area contributed by atoms with Gasteiger partial charge in [0.25, 0.3) is 0 Å². The van der Waals surface area contributed by atoms with Crippen LogP contribution in [0.3, 0.4) is 0 Å². The number of methoxy groups -OCH3 is 1. The summed E-state index contributed by atoms with van der Waals surface area (Å²) in [7, 11) is 1.52. The van der Waals surface area contributed by atoms with Crippen LogP contribution >= 0.6 is 24.0 Å². The number of carbonyl (C=O) groups excluding carboxylic acids is 3. The second kappa shape index (κ2) is 7.56. The van der Waals surface area contributed by atoms with Crippen molar-refractivity contribution in [1.29, 1.82) is 0 Å². The molecule has 0 spiro atoms. The van der Waals surface area contributed by atoms with Crippen LogP contribution in [-0.2, 0) is 14.4 Å². The lowest BCUT2D eigenvalue weighted by Crippen LogP contribution is -2.33. The van der Waals surface area contributed by atoms with E-state index in [-0.39, 0.29) is 40.6 Å². The van der Waals surface area contributed by atoms with Crippen molar-refractivity contribution in [2.45, 2.75) is 19.8 Å². The highest BCUT2D eigenvalue weighted by Crippen LogP contribution is 2.25. The van der Waals surface area contributed by atoms with E-state index in [2.05, 4.69) is 5.32 Å². The normalized spacial score (nSPS) is 14.1. The van der Waals surface area contributed by atoms with Crippen LogP contribution in [0.25, 0.3) is 0 Å². The molecule has 1 aromatic rings. The van der Waals surface area contributed by atoms with E-state index in [0.29, 0.717) is 11.4 Å². The van der Waals surface area contributed by atoms with Gasteiger partial charge in [0.15, 0.2) is 0 Å². The summed E-state index contributed by atoms with van der Waals surface area (Å²) in [6.07, 6.45) is 0.346. The molecule has 122 valence electrons. The predicted molar refractivity (Wildman–Crippen MR) is 92.5 cm³/mol. The summed E-state index contributed by atoms with van der Waals surface area (Å²) in [5.74, 6) is -0.351. The zero-order chi connectivity index (χ0) is 17.0. The van der Waals surface area contributed by atoms with Gasteiger partial charge in [-0.2, -0.15) is 0 Å². The molecular weight excluding hydrogens is 336 g/mol. The van der Waals surface area contributed by atoms with E-state index in [1.165, 1.54) is 7.11 Å². The summed E-state index contributed by atoms with van der Waals surface area (Å²) in [5, 5.41) is 2.74. The SMILES string of the molecule is COc1ccc(C)cc1NC(=O)CSC(=S)N1C(=O)CCC1=O. The fourth-order valence-corrected chi connectivity index (χ4v) is 3.12. The molecule has 8 heteroatoms. The van der Waals surface area contributed by atoms with E-state index in [0.717, 1.165) is 22.2 Å². The predicted octanol–water partition coefficient (Wildman–Crippen LogP) is 2.11. The highest BCUT2D eigenvalue weighted by atomic mass is 32.2. The number of thioether (sulfide) groups is 1. The lowest BCUT2D eigenvalue weighted by molar-refractivity contribution is -0.133. The van der Waals surface area contributed by atoms with E-state index >= 15 is 0 Å². The average molecular weight is 352 g/mol. The van der Waals surface area contributed by atoms with Crippen molar-refractivity contribution in [3.8, 4) is 5.75 Å². The number of rotatable bonds is 4. The number of imide groups is 1. The molecule has 1 saturated heterocycles. The fraction of sp³-hybridized carbons (Fsp3) is 0.333. The second-order valence-electron chi connectivity index (χ2n) is 4.93. The van der Waals surface area contributed by atoms with Crippen molar-refractivity contribution in [2.75, 3.05) is 18.2 Å². The second-order valence-corrected chi connectivity index (χ2v) is 6.54. The number of hydrogen-bond acceptors (Lipinski definition) is 6. The number of ether oxygens (including phenoxy) is 1. The van der Waals surface area contributed by atoms with Gasteiger partial charge in [0, 0.05) is 12.8 Å². The number of aryl methyl sites for hydroxylation is 1. The van der Waals surface area contributed by atoms with Gasteiger partial charge >= 0.3 is 0 Å². The molecule has 6 nitrogen and oxygen atoms in total. The van der Waals surface area contributed by atoms with E-state index < -0.39 is 0 Å². The third-order valence-corrected chi connectivity index (χ3v) is 4.56. The maximum atomic E-state index is 12.0. The summed E-state index contributed by atoms with van der Waals surface area (Å²) in [4.78, 5) is 36.2. The molecule has 0 atom stereocenters. The van der Waals surface area contributed by atoms with Gasteiger partial charge in [0.05, 0.1) is 18.6 Å². The highest BCUT2D eigenvalue weighted by Gasteiger charge is 2.32. The van der Waals surface area contributed by atoms with Crippen LogP contribution in [0.4, 0.5) is 5.69 Å². The minimum Gasteiger partial charge on any atom is -0.495 e. The first-order valence-corrected chi connectivity index (χ1v) is 8.29. The Kier molecular flexibility index (Phi) is 5.73. The van der Waals surface area contributed by atoms with Crippen LogP contribution < -0.4 is 10.1 Å². The van der Waals surface area contributed by atoms with E-state index in [1.807, 2.05) is 13.0 Å². The summed E-state index contributed by atoms with van der Waals surface area (Å²) in [6, 6.07) is 5.44. The zero-order valence-electron chi connectivity index (χ0n) is 12.8. The fourth-order valence-electron chi connectivity index (χ4n) is 2.08. The number of amides is 3. The average Bonchev–Trinajstić information content (AvgIpc) is 2.84. The van der Waals surface area contributed by atoms with Crippen LogP contribution in [0.2, 0.25) is 0 Å². The first-order chi connectivity index (χ1) is 10.9. The largest absolute Gasteiger partial charge is 0.495 e. The van der Waals surface area contributed by atoms with Crippen molar-refractivity contribution in [3.63, 3.8) is 0 Å². The highest BCUT2D eigenvalue weighted by molar-refractivity contribution is 8.23. The Bertz CT molecular complexity index is 659. The van der Waals surface area contributed by atoms with Gasteiger partial charge in [0.1, 0.15) is 10.1 Å². The summed E-state index contributed by atoms with van der Waals surface area (Å²) >= 11 is 6.05. The molecule has 1 N–H and O–H groups in total. The maximum absolute atomic E-state index is 12.0. The lowest BCUT2D eigenvalue weighted by Gasteiger charge is -2.14. The smallest absolute Gasteiger partial charge is 0.235 e. The Hall–Kier alpha value is -1.93. The van der Waals surface area contributed by atoms with Crippen molar-refractivity contribution in [3.05, 3.63) is 23.8 Å². The van der Waals surface area contributed by atoms with Crippen molar-refractivity contribution in [1.82, 2.24) is 4.90 Å². The van der Waals surface area contributed by atoms with Gasteiger partial charge in [-0.1, -0.05) is 30.0 Å². The number of thiocarbonyl (C=S) groups is 1. The maximum Gasteiger partial charge on any atom is 0.235 e. The molecule has 2 rings (SSSR count). The quantitative estimate of drug-likeness (QED) is 0.661. The molecule has 1 fully saturated rings. The van der Waals surface area contributed by atoms with Gasteiger partial charge in [-0.3, -0.25) is 14.4 Å². The molecule has 1 heterocycles. The Morgan fingerprint density at radius 3 is 2.61 bits per heavy atom. The Labute approximate surface area is 143 Å². The third kappa shape index (κ3) is 4.29. The molecule has 1 aliphatic rings. The molecule has 1 aliphatic heterocycles. The lowest BCUT2D eigenvalue weighted by atomic mass is 10.2. The van der Waals surface area contributed by atoms with Crippen molar-refractivity contribution in [2.24, 2.45) is 0 Å². The zero-order valence-corrected chi connectivity index (χ0v) is 14.4. The Morgan fingerprint density at radius 2 is 2.00 bits per heavy atom. The van der Waals surface area contributed by atoms with E-state index in [4.69, 9.17) is 17.0 Å². The first kappa shape index (κ1) is 17.4. The number of hydrogen-bond donors (Lipinski definition) is 1. The molecule has 23 heavy (non-hydrogen) atoms. The number of carbonyl (C=O) groups is 3. The first-order valence-electron chi connectivity index (χ1n) is 6.89. The van der Waals surface area contributed by atoms with Gasteiger partial charge in [-0.25, -0.2) is 4.90 Å². The topological polar surface area (TPSA) is 75.7 Å². The molecule has 3 amide bonds. The van der Waals surface area contributed by atoms with E-state index in [1.54, 1.807) is 12.1 Å². The number of nitrogens with zero attached hydrogens (tertiary/aromatic N) is 1. The number of likely N-dealkylation sites (tertiary alicyclic amines) is 1. The molecule has 0 radical (unpaired) electrons. The molecule has 1 aromatic carbocycles. The molecule has 0 saturated carbocycles. The summed E-state index contributed by atoms with van der Waals surface area (Å²) in [5.41, 5.74) is 1.55. The molecule has 0 unspecified atom stereocenters. The molecule has 0 bridgehead atoms. The van der Waals surface area contributed by atoms with E-state index in [9.17, 15) is 14.4 Å². The van der Waals surface area contributed by atoms with Gasteiger partial charge in [0.2, 0.25) is 17.7 Å². The molecular formula is C15H16N2O4S2. The van der Waals surface area contributed by atoms with Crippen LogP contribution in [0.5, 0.6) is 5.75 Å². The van der Waals surface area contributed by atoms with Crippen LogP contribution in [-0.4, -0.2) is 39.8 Å². The standard InChI is InChI=1S/C15H16N2O4S2/c1-9-3-4-11(21-2)10(7-9)16-12(18)8-23-15(22)17-13(19)5-6-14(17)20/h3-4,7H,5-6,8H2,1-2H3,(H,16,18). The van der Waals surface area contributed by atoms with Gasteiger partial charge in [-0.05, 0) is 24.6 Å². The summed E-state index contributed by atoms with van der Waals surface area (Å²) in [6.45, 7) is 1.91. The minimum atomic E-state index is -0.312. The van der Waals surface area contributed by atoms with Crippen molar-refractivity contribution >= 4 is 51.7 Å². The van der Waals surface area contributed by atoms with Crippen LogP contribution in [0.15, 0.2) is 18.2 Å². The molecule has 0 aliphatic carbocycles. The molecule has 0 aromatic heterocycles. The Morgan fingerprint density at radius 1 is 1.35 bits per heavy atom. The van der Waals surface area contributed by atoms with Crippen LogP contribution in [0, 0.1) is 6.92 Å². The number of nitrogens with one attached hydrogen (secondary N) is 1. The van der Waals surface area contributed by atoms with Gasteiger partial charge < -0.3 is 10.1 Å². The number of anilines is 1.